The van der Waals surface area contributed by atoms with Gasteiger partial charge in [-0.05, 0) is 36.8 Å². The summed E-state index contributed by atoms with van der Waals surface area (Å²) >= 11 is 6.08. The lowest BCUT2D eigenvalue weighted by Crippen LogP contribution is -2.06. The normalized spacial score (nSPS) is 10.4. The fourth-order valence-electron chi connectivity index (χ4n) is 2.30. The predicted octanol–water partition coefficient (Wildman–Crippen LogP) is 4.97. The van der Waals surface area contributed by atoms with Crippen molar-refractivity contribution in [1.82, 2.24) is 9.97 Å². The summed E-state index contributed by atoms with van der Waals surface area (Å²) in [5.74, 6) is -0.716. The van der Waals surface area contributed by atoms with Crippen molar-refractivity contribution < 1.29 is 9.31 Å². The highest BCUT2D eigenvalue weighted by Gasteiger charge is 2.24. The van der Waals surface area contributed by atoms with Crippen LogP contribution in [0.15, 0.2) is 48.8 Å². The summed E-state index contributed by atoms with van der Waals surface area (Å²) in [7, 11) is 0. The molecule has 0 fully saturated rings. The molecule has 0 aliphatic rings. The van der Waals surface area contributed by atoms with Gasteiger partial charge < -0.3 is 10.6 Å². The number of hydrogen-bond acceptors (Lipinski definition) is 6. The number of rotatable bonds is 5. The van der Waals surface area contributed by atoms with Crippen LogP contribution in [0.25, 0.3) is 0 Å². The highest BCUT2D eigenvalue weighted by atomic mass is 35.5. The molecule has 0 aliphatic heterocycles. The Kier molecular flexibility index (Phi) is 4.94. The van der Waals surface area contributed by atoms with Crippen LogP contribution in [0.2, 0.25) is 5.02 Å². The molecule has 0 unspecified atom stereocenters. The van der Waals surface area contributed by atoms with E-state index in [0.29, 0.717) is 16.3 Å². The molecule has 1 heterocycles. The Labute approximate surface area is 153 Å². The SMILES string of the molecule is Cc1c(Cl)cccc1Nc1ncnc(Nc2ccccc2F)c1[N+](=O)[O-]. The van der Waals surface area contributed by atoms with Gasteiger partial charge in [0.2, 0.25) is 11.6 Å². The van der Waals surface area contributed by atoms with Gasteiger partial charge in [-0.2, -0.15) is 0 Å². The molecular formula is C17H13ClFN5O2. The first-order chi connectivity index (χ1) is 12.5. The van der Waals surface area contributed by atoms with E-state index in [4.69, 9.17) is 11.6 Å². The van der Waals surface area contributed by atoms with Gasteiger partial charge in [0.25, 0.3) is 0 Å². The van der Waals surface area contributed by atoms with Crippen LogP contribution in [0, 0.1) is 22.9 Å². The molecular weight excluding hydrogens is 361 g/mol. The second-order valence-electron chi connectivity index (χ2n) is 5.32. The average Bonchev–Trinajstić information content (AvgIpc) is 2.61. The molecule has 2 aromatic carbocycles. The lowest BCUT2D eigenvalue weighted by Gasteiger charge is -2.12. The summed E-state index contributed by atoms with van der Waals surface area (Å²) in [5.41, 5.74) is 0.941. The average molecular weight is 374 g/mol. The summed E-state index contributed by atoms with van der Waals surface area (Å²) in [5, 5.41) is 17.6. The van der Waals surface area contributed by atoms with Crippen LogP contribution < -0.4 is 10.6 Å². The van der Waals surface area contributed by atoms with Crippen molar-refractivity contribution in [3.05, 3.63) is 75.3 Å². The Morgan fingerprint density at radius 2 is 1.65 bits per heavy atom. The zero-order valence-electron chi connectivity index (χ0n) is 13.5. The molecule has 0 saturated heterocycles. The third kappa shape index (κ3) is 3.55. The zero-order valence-corrected chi connectivity index (χ0v) is 14.3. The minimum absolute atomic E-state index is 0.0331. The van der Waals surface area contributed by atoms with Gasteiger partial charge in [0.15, 0.2) is 0 Å². The lowest BCUT2D eigenvalue weighted by molar-refractivity contribution is -0.383. The number of halogens is 2. The summed E-state index contributed by atoms with van der Waals surface area (Å²) in [6, 6.07) is 11.0. The summed E-state index contributed by atoms with van der Waals surface area (Å²) in [4.78, 5) is 18.8. The van der Waals surface area contributed by atoms with Crippen LogP contribution in [-0.4, -0.2) is 14.9 Å². The second-order valence-corrected chi connectivity index (χ2v) is 5.73. The molecule has 1 aromatic heterocycles. The Hall–Kier alpha value is -3.26. The number of para-hydroxylation sites is 1. The minimum atomic E-state index is -0.634. The number of anilines is 4. The van der Waals surface area contributed by atoms with E-state index in [9.17, 15) is 14.5 Å². The standard InChI is InChI=1S/C17H13ClFN5O2/c1-10-11(18)5-4-8-13(10)22-16-15(24(25)26)17(21-9-20-16)23-14-7-3-2-6-12(14)19/h2-9H,1H3,(H2,20,21,22,23). The van der Waals surface area contributed by atoms with E-state index in [0.717, 1.165) is 6.33 Å². The van der Waals surface area contributed by atoms with Crippen LogP contribution in [0.3, 0.4) is 0 Å². The third-order valence-corrected chi connectivity index (χ3v) is 4.06. The second kappa shape index (κ2) is 7.32. The number of benzene rings is 2. The molecule has 132 valence electrons. The first-order valence-corrected chi connectivity index (χ1v) is 7.88. The molecule has 2 N–H and O–H groups in total. The van der Waals surface area contributed by atoms with Gasteiger partial charge in [-0.15, -0.1) is 0 Å². The van der Waals surface area contributed by atoms with Crippen LogP contribution in [0.5, 0.6) is 0 Å². The predicted molar refractivity (Wildman–Crippen MR) is 97.8 cm³/mol. The van der Waals surface area contributed by atoms with Crippen molar-refractivity contribution in [3.63, 3.8) is 0 Å². The van der Waals surface area contributed by atoms with Gasteiger partial charge in [-0.3, -0.25) is 10.1 Å². The summed E-state index contributed by atoms with van der Waals surface area (Å²) in [6.45, 7) is 1.77. The Morgan fingerprint density at radius 1 is 1.04 bits per heavy atom. The molecule has 26 heavy (non-hydrogen) atoms. The quantitative estimate of drug-likeness (QED) is 0.484. The Bertz CT molecular complexity index is 983. The topological polar surface area (TPSA) is 93.0 Å². The van der Waals surface area contributed by atoms with E-state index in [2.05, 4.69) is 20.6 Å². The zero-order chi connectivity index (χ0) is 18.7. The molecule has 0 saturated carbocycles. The molecule has 9 heteroatoms. The molecule has 3 aromatic rings. The maximum absolute atomic E-state index is 13.8. The highest BCUT2D eigenvalue weighted by Crippen LogP contribution is 2.35. The largest absolute Gasteiger partial charge is 0.353 e. The number of hydrogen-bond donors (Lipinski definition) is 2. The molecule has 0 atom stereocenters. The van der Waals surface area contributed by atoms with Gasteiger partial charge in [0, 0.05) is 10.7 Å². The molecule has 0 bridgehead atoms. The van der Waals surface area contributed by atoms with Crippen molar-refractivity contribution in [2.24, 2.45) is 0 Å². The van der Waals surface area contributed by atoms with Crippen molar-refractivity contribution >= 4 is 40.3 Å². The Morgan fingerprint density at radius 3 is 2.31 bits per heavy atom. The van der Waals surface area contributed by atoms with E-state index < -0.39 is 16.4 Å². The monoisotopic (exact) mass is 373 g/mol. The lowest BCUT2D eigenvalue weighted by atomic mass is 10.2. The van der Waals surface area contributed by atoms with Gasteiger partial charge in [0.05, 0.1) is 10.6 Å². The van der Waals surface area contributed by atoms with Crippen molar-refractivity contribution in [2.45, 2.75) is 6.92 Å². The molecule has 0 aliphatic carbocycles. The maximum atomic E-state index is 13.8. The van der Waals surface area contributed by atoms with Gasteiger partial charge in [-0.25, -0.2) is 14.4 Å². The molecule has 0 amide bonds. The Balaban J connectivity index is 2.03. The fourth-order valence-corrected chi connectivity index (χ4v) is 2.47. The molecule has 0 radical (unpaired) electrons. The van der Waals surface area contributed by atoms with Gasteiger partial charge in [-0.1, -0.05) is 29.8 Å². The first-order valence-electron chi connectivity index (χ1n) is 7.50. The maximum Gasteiger partial charge on any atom is 0.353 e. The number of nitro groups is 1. The van der Waals surface area contributed by atoms with E-state index in [1.165, 1.54) is 18.2 Å². The minimum Gasteiger partial charge on any atom is -0.334 e. The smallest absolute Gasteiger partial charge is 0.334 e. The van der Waals surface area contributed by atoms with E-state index in [-0.39, 0.29) is 17.3 Å². The fraction of sp³-hybridized carbons (Fsp3) is 0.0588. The van der Waals surface area contributed by atoms with Crippen LogP contribution in [0.1, 0.15) is 5.56 Å². The number of nitrogens with one attached hydrogen (secondary N) is 2. The summed E-state index contributed by atoms with van der Waals surface area (Å²) in [6.07, 6.45) is 1.15. The third-order valence-electron chi connectivity index (χ3n) is 3.65. The van der Waals surface area contributed by atoms with Crippen LogP contribution in [-0.2, 0) is 0 Å². The van der Waals surface area contributed by atoms with Crippen LogP contribution >= 0.6 is 11.6 Å². The first kappa shape index (κ1) is 17.6. The molecule has 0 spiro atoms. The molecule has 3 rings (SSSR count). The summed E-state index contributed by atoms with van der Waals surface area (Å²) < 4.78 is 13.8. The van der Waals surface area contributed by atoms with Crippen molar-refractivity contribution in [2.75, 3.05) is 10.6 Å². The number of aromatic nitrogens is 2. The van der Waals surface area contributed by atoms with E-state index in [1.807, 2.05) is 0 Å². The van der Waals surface area contributed by atoms with E-state index >= 15 is 0 Å². The van der Waals surface area contributed by atoms with Crippen LogP contribution in [0.4, 0.5) is 33.1 Å². The van der Waals surface area contributed by atoms with Gasteiger partial charge >= 0.3 is 5.69 Å². The highest BCUT2D eigenvalue weighted by molar-refractivity contribution is 6.31. The number of nitrogens with zero attached hydrogens (tertiary/aromatic N) is 3. The van der Waals surface area contributed by atoms with Gasteiger partial charge in [0.1, 0.15) is 12.1 Å². The van der Waals surface area contributed by atoms with Crippen molar-refractivity contribution in [1.29, 1.82) is 0 Å². The van der Waals surface area contributed by atoms with E-state index in [1.54, 1.807) is 31.2 Å². The van der Waals surface area contributed by atoms with Crippen molar-refractivity contribution in [3.8, 4) is 0 Å². The molecule has 7 nitrogen and oxygen atoms in total.